The lowest BCUT2D eigenvalue weighted by Gasteiger charge is -2.19. The van der Waals surface area contributed by atoms with Crippen LogP contribution in [0.3, 0.4) is 0 Å². The number of rotatable bonds is 4. The predicted molar refractivity (Wildman–Crippen MR) is 90.6 cm³/mol. The van der Waals surface area contributed by atoms with Crippen molar-refractivity contribution in [1.29, 1.82) is 0 Å². The minimum absolute atomic E-state index is 0.0403. The Kier molecular flexibility index (Phi) is 4.34. The summed E-state index contributed by atoms with van der Waals surface area (Å²) in [5.41, 5.74) is 4.86. The molecule has 0 spiro atoms. The first-order chi connectivity index (χ1) is 11.1. The summed E-state index contributed by atoms with van der Waals surface area (Å²) in [6, 6.07) is 8.22. The van der Waals surface area contributed by atoms with Crippen LogP contribution in [-0.4, -0.2) is 48.7 Å². The summed E-state index contributed by atoms with van der Waals surface area (Å²) in [5, 5.41) is 10.5. The highest BCUT2D eigenvalue weighted by Gasteiger charge is 2.23. The molecule has 1 aromatic heterocycles. The van der Waals surface area contributed by atoms with Crippen LogP contribution in [0.15, 0.2) is 24.3 Å². The number of carbonyl (C=O) groups excluding carboxylic acids is 1. The van der Waals surface area contributed by atoms with Gasteiger partial charge in [-0.15, -0.1) is 0 Å². The van der Waals surface area contributed by atoms with Crippen molar-refractivity contribution in [2.45, 2.75) is 19.5 Å². The molecule has 1 amide bonds. The number of nitrogens with zero attached hydrogens (tertiary/aromatic N) is 3. The van der Waals surface area contributed by atoms with Gasteiger partial charge in [-0.2, -0.15) is 5.10 Å². The zero-order valence-electron chi connectivity index (χ0n) is 13.9. The lowest BCUT2D eigenvalue weighted by Crippen LogP contribution is -2.30. The van der Waals surface area contributed by atoms with E-state index in [1.807, 2.05) is 33.3 Å². The summed E-state index contributed by atoms with van der Waals surface area (Å²) in [6.45, 7) is 2.20. The van der Waals surface area contributed by atoms with E-state index in [0.717, 1.165) is 35.5 Å². The summed E-state index contributed by atoms with van der Waals surface area (Å²) in [4.78, 5) is 16.5. The van der Waals surface area contributed by atoms with Crippen molar-refractivity contribution in [3.63, 3.8) is 0 Å². The predicted octanol–water partition coefficient (Wildman–Crippen LogP) is 1.39. The molecule has 0 radical (unpaired) electrons. The molecule has 1 aromatic carbocycles. The van der Waals surface area contributed by atoms with E-state index in [2.05, 4.69) is 32.5 Å². The van der Waals surface area contributed by atoms with Gasteiger partial charge in [0, 0.05) is 64.1 Å². The van der Waals surface area contributed by atoms with Crippen molar-refractivity contribution in [1.82, 2.24) is 20.4 Å². The van der Waals surface area contributed by atoms with Crippen molar-refractivity contribution in [3.8, 4) is 0 Å². The SMILES string of the molecule is CN(Cc1cccc(N(C)C)c1)C(=O)c1n[nH]c2c1CNCC2. The van der Waals surface area contributed by atoms with E-state index >= 15 is 0 Å². The van der Waals surface area contributed by atoms with E-state index in [1.165, 1.54) is 0 Å². The Hall–Kier alpha value is -2.34. The molecule has 0 saturated heterocycles. The van der Waals surface area contributed by atoms with Gasteiger partial charge in [-0.1, -0.05) is 12.1 Å². The largest absolute Gasteiger partial charge is 0.378 e. The summed E-state index contributed by atoms with van der Waals surface area (Å²) in [7, 11) is 5.84. The van der Waals surface area contributed by atoms with Crippen LogP contribution in [0.2, 0.25) is 0 Å². The Labute approximate surface area is 136 Å². The van der Waals surface area contributed by atoms with Gasteiger partial charge in [-0.25, -0.2) is 0 Å². The van der Waals surface area contributed by atoms with Gasteiger partial charge in [0.15, 0.2) is 5.69 Å². The fraction of sp³-hybridized carbons (Fsp3) is 0.412. The number of fused-ring (bicyclic) bond motifs is 1. The van der Waals surface area contributed by atoms with Crippen LogP contribution in [0, 0.1) is 0 Å². The van der Waals surface area contributed by atoms with Crippen LogP contribution in [0.5, 0.6) is 0 Å². The van der Waals surface area contributed by atoms with Crippen molar-refractivity contribution >= 4 is 11.6 Å². The fourth-order valence-corrected chi connectivity index (χ4v) is 2.86. The van der Waals surface area contributed by atoms with Crippen LogP contribution in [0.25, 0.3) is 0 Å². The van der Waals surface area contributed by atoms with E-state index in [-0.39, 0.29) is 5.91 Å². The number of carbonyl (C=O) groups is 1. The van der Waals surface area contributed by atoms with Crippen LogP contribution < -0.4 is 10.2 Å². The van der Waals surface area contributed by atoms with Gasteiger partial charge in [0.05, 0.1) is 0 Å². The second-order valence-corrected chi connectivity index (χ2v) is 6.18. The highest BCUT2D eigenvalue weighted by atomic mass is 16.2. The van der Waals surface area contributed by atoms with E-state index in [0.29, 0.717) is 18.8 Å². The van der Waals surface area contributed by atoms with Gasteiger partial charge >= 0.3 is 0 Å². The Morgan fingerprint density at radius 3 is 2.91 bits per heavy atom. The van der Waals surface area contributed by atoms with Crippen LogP contribution in [-0.2, 0) is 19.5 Å². The average Bonchev–Trinajstić information content (AvgIpc) is 2.98. The zero-order valence-corrected chi connectivity index (χ0v) is 13.9. The molecule has 2 heterocycles. The van der Waals surface area contributed by atoms with Crippen molar-refractivity contribution in [2.24, 2.45) is 0 Å². The van der Waals surface area contributed by atoms with E-state index in [1.54, 1.807) is 4.90 Å². The lowest BCUT2D eigenvalue weighted by molar-refractivity contribution is 0.0778. The van der Waals surface area contributed by atoms with Gasteiger partial charge < -0.3 is 15.1 Å². The molecule has 1 aliphatic rings. The molecule has 1 aliphatic heterocycles. The molecule has 0 bridgehead atoms. The maximum Gasteiger partial charge on any atom is 0.274 e. The number of amides is 1. The molecule has 23 heavy (non-hydrogen) atoms. The highest BCUT2D eigenvalue weighted by Crippen LogP contribution is 2.19. The molecule has 122 valence electrons. The smallest absolute Gasteiger partial charge is 0.274 e. The Morgan fingerprint density at radius 2 is 2.13 bits per heavy atom. The maximum absolute atomic E-state index is 12.7. The fourth-order valence-electron chi connectivity index (χ4n) is 2.86. The second kappa shape index (κ2) is 6.42. The van der Waals surface area contributed by atoms with E-state index < -0.39 is 0 Å². The molecule has 2 aromatic rings. The third-order valence-electron chi connectivity index (χ3n) is 4.20. The molecule has 3 rings (SSSR count). The lowest BCUT2D eigenvalue weighted by atomic mass is 10.1. The van der Waals surface area contributed by atoms with Gasteiger partial charge in [0.25, 0.3) is 5.91 Å². The van der Waals surface area contributed by atoms with E-state index in [4.69, 9.17) is 0 Å². The maximum atomic E-state index is 12.7. The zero-order chi connectivity index (χ0) is 16.4. The number of anilines is 1. The quantitative estimate of drug-likeness (QED) is 0.895. The number of H-pyrrole nitrogens is 1. The number of hydrogen-bond acceptors (Lipinski definition) is 4. The normalized spacial score (nSPS) is 13.5. The first-order valence-corrected chi connectivity index (χ1v) is 7.85. The van der Waals surface area contributed by atoms with Crippen molar-refractivity contribution in [2.75, 3.05) is 32.6 Å². The first kappa shape index (κ1) is 15.6. The minimum Gasteiger partial charge on any atom is -0.378 e. The highest BCUT2D eigenvalue weighted by molar-refractivity contribution is 5.93. The molecule has 0 fully saturated rings. The first-order valence-electron chi connectivity index (χ1n) is 7.85. The monoisotopic (exact) mass is 313 g/mol. The summed E-state index contributed by atoms with van der Waals surface area (Å²) in [5.74, 6) is -0.0403. The van der Waals surface area contributed by atoms with E-state index in [9.17, 15) is 4.79 Å². The van der Waals surface area contributed by atoms with Gasteiger partial charge in [-0.05, 0) is 17.7 Å². The molecular weight excluding hydrogens is 290 g/mol. The Balaban J connectivity index is 1.75. The molecular formula is C17H23N5O. The average molecular weight is 313 g/mol. The van der Waals surface area contributed by atoms with Gasteiger partial charge in [0.1, 0.15) is 0 Å². The summed E-state index contributed by atoms with van der Waals surface area (Å²) >= 11 is 0. The topological polar surface area (TPSA) is 64.3 Å². The molecule has 0 unspecified atom stereocenters. The minimum atomic E-state index is -0.0403. The summed E-state index contributed by atoms with van der Waals surface area (Å²) in [6.07, 6.45) is 0.893. The van der Waals surface area contributed by atoms with Crippen LogP contribution >= 0.6 is 0 Å². The summed E-state index contributed by atoms with van der Waals surface area (Å²) < 4.78 is 0. The standard InChI is InChI=1S/C17H23N5O/c1-21(2)13-6-4-5-12(9-13)11-22(3)17(23)16-14-10-18-8-7-15(14)19-20-16/h4-6,9,18H,7-8,10-11H2,1-3H3,(H,19,20). The van der Waals surface area contributed by atoms with Gasteiger partial charge in [-0.3, -0.25) is 9.89 Å². The van der Waals surface area contributed by atoms with Crippen LogP contribution in [0.1, 0.15) is 27.3 Å². The molecule has 6 nitrogen and oxygen atoms in total. The number of aromatic nitrogens is 2. The van der Waals surface area contributed by atoms with Gasteiger partial charge in [0.2, 0.25) is 0 Å². The third kappa shape index (κ3) is 3.22. The third-order valence-corrected chi connectivity index (χ3v) is 4.20. The Bertz CT molecular complexity index is 707. The number of benzene rings is 1. The number of hydrogen-bond donors (Lipinski definition) is 2. The molecule has 0 aliphatic carbocycles. The van der Waals surface area contributed by atoms with Crippen LogP contribution in [0.4, 0.5) is 5.69 Å². The Morgan fingerprint density at radius 1 is 1.30 bits per heavy atom. The molecule has 0 atom stereocenters. The molecule has 0 saturated carbocycles. The van der Waals surface area contributed by atoms with Crippen molar-refractivity contribution < 1.29 is 4.79 Å². The van der Waals surface area contributed by atoms with Crippen molar-refractivity contribution in [3.05, 3.63) is 46.8 Å². The molecule has 6 heteroatoms. The second-order valence-electron chi connectivity index (χ2n) is 6.18. The number of nitrogens with one attached hydrogen (secondary N) is 2. The molecule has 2 N–H and O–H groups in total. The number of aromatic amines is 1.